The van der Waals surface area contributed by atoms with Gasteiger partial charge in [0.15, 0.2) is 0 Å². The van der Waals surface area contributed by atoms with Gasteiger partial charge in [-0.1, -0.05) is 6.07 Å². The number of thiazole rings is 1. The van der Waals surface area contributed by atoms with Crippen molar-refractivity contribution in [2.75, 3.05) is 18.4 Å². The molecule has 3 amide bonds. The minimum atomic E-state index is -0.233. The summed E-state index contributed by atoms with van der Waals surface area (Å²) in [4.78, 5) is 30.5. The molecule has 1 aliphatic carbocycles. The molecule has 8 heteroatoms. The van der Waals surface area contributed by atoms with E-state index >= 15 is 0 Å². The molecule has 1 aromatic heterocycles. The Kier molecular flexibility index (Phi) is 5.76. The van der Waals surface area contributed by atoms with Crippen molar-refractivity contribution >= 4 is 29.0 Å². The van der Waals surface area contributed by atoms with Gasteiger partial charge in [-0.2, -0.15) is 0 Å². The van der Waals surface area contributed by atoms with Crippen molar-refractivity contribution in [2.45, 2.75) is 38.3 Å². The fourth-order valence-corrected chi connectivity index (χ4v) is 3.86. The molecule has 1 aromatic carbocycles. The van der Waals surface area contributed by atoms with Crippen molar-refractivity contribution in [1.82, 2.24) is 15.2 Å². The van der Waals surface area contributed by atoms with Crippen LogP contribution in [0, 0.1) is 5.92 Å². The third-order valence-electron chi connectivity index (χ3n) is 5.03. The summed E-state index contributed by atoms with van der Waals surface area (Å²) >= 11 is 1.53. The highest BCUT2D eigenvalue weighted by Gasteiger charge is 2.35. The summed E-state index contributed by atoms with van der Waals surface area (Å²) in [5.74, 6) is 1.23. The van der Waals surface area contributed by atoms with Gasteiger partial charge in [-0.25, -0.2) is 9.78 Å². The van der Waals surface area contributed by atoms with Gasteiger partial charge in [-0.15, -0.1) is 11.3 Å². The van der Waals surface area contributed by atoms with E-state index in [0.717, 1.165) is 44.5 Å². The summed E-state index contributed by atoms with van der Waals surface area (Å²) in [6, 6.07) is 7.17. The number of nitrogens with zero attached hydrogens (tertiary/aromatic N) is 2. The highest BCUT2D eigenvalue weighted by Crippen LogP contribution is 2.31. The van der Waals surface area contributed by atoms with Crippen molar-refractivity contribution in [3.8, 4) is 5.75 Å². The number of aromatic nitrogens is 1. The van der Waals surface area contributed by atoms with Gasteiger partial charge in [0.2, 0.25) is 5.91 Å². The molecule has 2 heterocycles. The number of nitrogens with one attached hydrogen (secondary N) is 2. The maximum absolute atomic E-state index is 12.3. The molecule has 7 nitrogen and oxygen atoms in total. The third kappa shape index (κ3) is 5.01. The number of anilines is 1. The molecule has 2 N–H and O–H groups in total. The van der Waals surface area contributed by atoms with Crippen molar-refractivity contribution < 1.29 is 14.3 Å². The molecule has 2 aromatic rings. The Morgan fingerprint density at radius 2 is 2.04 bits per heavy atom. The van der Waals surface area contributed by atoms with Gasteiger partial charge in [0.1, 0.15) is 12.4 Å². The van der Waals surface area contributed by atoms with E-state index in [0.29, 0.717) is 18.0 Å². The molecular formula is C20H24N4O3S. The Morgan fingerprint density at radius 3 is 2.75 bits per heavy atom. The number of urea groups is 1. The van der Waals surface area contributed by atoms with Crippen molar-refractivity contribution in [3.05, 3.63) is 40.8 Å². The summed E-state index contributed by atoms with van der Waals surface area (Å²) in [5.41, 5.74) is 3.33. The second-order valence-corrected chi connectivity index (χ2v) is 7.99. The third-order valence-corrected chi connectivity index (χ3v) is 5.67. The average molecular weight is 401 g/mol. The van der Waals surface area contributed by atoms with Crippen molar-refractivity contribution in [1.29, 1.82) is 0 Å². The fraction of sp³-hybridized carbons (Fsp3) is 0.450. The highest BCUT2D eigenvalue weighted by molar-refractivity contribution is 7.07. The second kappa shape index (κ2) is 8.60. The van der Waals surface area contributed by atoms with Gasteiger partial charge < -0.3 is 20.3 Å². The van der Waals surface area contributed by atoms with Crippen LogP contribution in [-0.4, -0.2) is 41.0 Å². The molecule has 0 atom stereocenters. The lowest BCUT2D eigenvalue weighted by Crippen LogP contribution is -2.47. The molecule has 0 spiro atoms. The first-order valence-electron chi connectivity index (χ1n) is 9.63. The number of piperidine rings is 1. The standard InChI is InChI=1S/C20H24N4O3S/c25-19(14-4-5-14)24-8-6-15(7-9-24)22-20(26)23-16-2-1-3-18(10-16)27-11-17-12-28-13-21-17/h1-3,10,12-15H,4-9,11H2,(H2,22,23,26). The van der Waals surface area contributed by atoms with Gasteiger partial charge in [0.05, 0.1) is 11.2 Å². The Morgan fingerprint density at radius 1 is 1.21 bits per heavy atom. The van der Waals surface area contributed by atoms with Gasteiger partial charge in [0, 0.05) is 42.2 Å². The predicted octanol–water partition coefficient (Wildman–Crippen LogP) is 3.24. The summed E-state index contributed by atoms with van der Waals surface area (Å²) in [6.45, 7) is 1.84. The normalized spacial score (nSPS) is 17.2. The maximum atomic E-state index is 12.3. The number of hydrogen-bond donors (Lipinski definition) is 2. The zero-order chi connectivity index (χ0) is 19.3. The van der Waals surface area contributed by atoms with Crippen LogP contribution in [0.2, 0.25) is 0 Å². The largest absolute Gasteiger partial charge is 0.487 e. The van der Waals surface area contributed by atoms with Gasteiger partial charge in [-0.3, -0.25) is 4.79 Å². The number of carbonyl (C=O) groups excluding carboxylic acids is 2. The van der Waals surface area contributed by atoms with E-state index in [4.69, 9.17) is 4.74 Å². The van der Waals surface area contributed by atoms with E-state index < -0.39 is 0 Å². The number of amides is 3. The van der Waals surface area contributed by atoms with Crippen LogP contribution in [0.1, 0.15) is 31.4 Å². The lowest BCUT2D eigenvalue weighted by atomic mass is 10.0. The van der Waals surface area contributed by atoms with E-state index in [1.165, 1.54) is 11.3 Å². The molecular weight excluding hydrogens is 376 g/mol. The number of carbonyl (C=O) groups is 2. The first-order valence-corrected chi connectivity index (χ1v) is 10.6. The zero-order valence-electron chi connectivity index (χ0n) is 15.6. The second-order valence-electron chi connectivity index (χ2n) is 7.27. The molecule has 28 heavy (non-hydrogen) atoms. The van der Waals surface area contributed by atoms with Crippen LogP contribution in [0.5, 0.6) is 5.75 Å². The Balaban J connectivity index is 1.22. The fourth-order valence-electron chi connectivity index (χ4n) is 3.31. The van der Waals surface area contributed by atoms with Crippen molar-refractivity contribution in [2.24, 2.45) is 5.92 Å². The minimum absolute atomic E-state index is 0.0901. The molecule has 4 rings (SSSR count). The molecule has 0 bridgehead atoms. The maximum Gasteiger partial charge on any atom is 0.319 e. The minimum Gasteiger partial charge on any atom is -0.487 e. The van der Waals surface area contributed by atoms with Crippen LogP contribution < -0.4 is 15.4 Å². The topological polar surface area (TPSA) is 83.6 Å². The van der Waals surface area contributed by atoms with Gasteiger partial charge in [0.25, 0.3) is 0 Å². The SMILES string of the molecule is O=C(Nc1cccc(OCc2cscn2)c1)NC1CCN(C(=O)C2CC2)CC1. The number of likely N-dealkylation sites (tertiary alicyclic amines) is 1. The van der Waals surface area contributed by atoms with E-state index in [1.807, 2.05) is 28.5 Å². The number of benzene rings is 1. The average Bonchev–Trinajstić information content (AvgIpc) is 3.42. The number of ether oxygens (including phenoxy) is 1. The summed E-state index contributed by atoms with van der Waals surface area (Å²) in [5, 5.41) is 7.81. The van der Waals surface area contributed by atoms with Crippen LogP contribution in [0.4, 0.5) is 10.5 Å². The predicted molar refractivity (Wildman–Crippen MR) is 107 cm³/mol. The van der Waals surface area contributed by atoms with Crippen LogP contribution in [0.3, 0.4) is 0 Å². The summed E-state index contributed by atoms with van der Waals surface area (Å²) in [7, 11) is 0. The Labute approximate surface area is 168 Å². The lowest BCUT2D eigenvalue weighted by Gasteiger charge is -2.32. The monoisotopic (exact) mass is 400 g/mol. The zero-order valence-corrected chi connectivity index (χ0v) is 16.4. The Hall–Kier alpha value is -2.61. The van der Waals surface area contributed by atoms with E-state index in [1.54, 1.807) is 11.6 Å². The highest BCUT2D eigenvalue weighted by atomic mass is 32.1. The molecule has 148 valence electrons. The van der Waals surface area contributed by atoms with Gasteiger partial charge in [-0.05, 0) is 37.8 Å². The van der Waals surface area contributed by atoms with Gasteiger partial charge >= 0.3 is 6.03 Å². The van der Waals surface area contributed by atoms with Crippen molar-refractivity contribution in [3.63, 3.8) is 0 Å². The number of hydrogen-bond acceptors (Lipinski definition) is 5. The summed E-state index contributed by atoms with van der Waals surface area (Å²) < 4.78 is 5.72. The molecule has 1 saturated carbocycles. The first-order chi connectivity index (χ1) is 13.7. The molecule has 2 aliphatic rings. The first kappa shape index (κ1) is 18.7. The molecule has 2 fully saturated rings. The quantitative estimate of drug-likeness (QED) is 0.780. The van der Waals surface area contributed by atoms with Crippen LogP contribution in [0.15, 0.2) is 35.2 Å². The molecule has 0 unspecified atom stereocenters. The smallest absolute Gasteiger partial charge is 0.319 e. The molecule has 0 radical (unpaired) electrons. The molecule has 1 saturated heterocycles. The van der Waals surface area contributed by atoms with E-state index in [9.17, 15) is 9.59 Å². The van der Waals surface area contributed by atoms with Crippen LogP contribution >= 0.6 is 11.3 Å². The summed E-state index contributed by atoms with van der Waals surface area (Å²) in [6.07, 6.45) is 3.66. The Bertz CT molecular complexity index is 815. The van der Waals surface area contributed by atoms with Crippen LogP contribution in [-0.2, 0) is 11.4 Å². The lowest BCUT2D eigenvalue weighted by molar-refractivity contribution is -0.133. The molecule has 1 aliphatic heterocycles. The van der Waals surface area contributed by atoms with E-state index in [-0.39, 0.29) is 23.9 Å². The van der Waals surface area contributed by atoms with E-state index in [2.05, 4.69) is 15.6 Å². The number of rotatable bonds is 6. The van der Waals surface area contributed by atoms with Crippen LogP contribution in [0.25, 0.3) is 0 Å².